The first-order valence-electron chi connectivity index (χ1n) is 5.89. The van der Waals surface area contributed by atoms with Crippen LogP contribution in [0.3, 0.4) is 0 Å². The van der Waals surface area contributed by atoms with Gasteiger partial charge in [-0.3, -0.25) is 4.79 Å². The topological polar surface area (TPSA) is 64.9 Å². The first kappa shape index (κ1) is 14.4. The largest absolute Gasteiger partial charge is 0.375 e. The molecule has 0 saturated carbocycles. The molecule has 0 heterocycles. The second-order valence-electron chi connectivity index (χ2n) is 3.53. The molecule has 0 saturated heterocycles. The van der Waals surface area contributed by atoms with Crippen LogP contribution in [0.15, 0.2) is 23.1 Å². The molecule has 2 N–H and O–H groups in total. The number of rotatable bonds is 6. The predicted octanol–water partition coefficient (Wildman–Crippen LogP) is 2.22. The zero-order valence-electron chi connectivity index (χ0n) is 10.6. The van der Waals surface area contributed by atoms with Crippen LogP contribution in [0.4, 0.5) is 5.69 Å². The third-order valence-corrected chi connectivity index (χ3v) is 3.19. The number of hydrogen-bond acceptors (Lipinski definition) is 4. The van der Waals surface area contributed by atoms with E-state index in [1.54, 1.807) is 11.8 Å². The second-order valence-corrected chi connectivity index (χ2v) is 4.84. The van der Waals surface area contributed by atoms with Gasteiger partial charge in [0.25, 0.3) is 0 Å². The summed E-state index contributed by atoms with van der Waals surface area (Å²) in [5.74, 6) is 0.837. The molecule has 1 aromatic carbocycles. The van der Waals surface area contributed by atoms with E-state index in [1.165, 1.54) is 0 Å². The average Bonchev–Trinajstić information content (AvgIpc) is 2.37. The van der Waals surface area contributed by atoms with Gasteiger partial charge in [0.05, 0.1) is 17.8 Å². The van der Waals surface area contributed by atoms with Crippen molar-refractivity contribution in [2.75, 3.05) is 24.2 Å². The fourth-order valence-corrected chi connectivity index (χ4v) is 2.29. The van der Waals surface area contributed by atoms with Crippen molar-refractivity contribution in [2.24, 2.45) is 0 Å². The van der Waals surface area contributed by atoms with Crippen LogP contribution >= 0.6 is 11.8 Å². The summed E-state index contributed by atoms with van der Waals surface area (Å²) in [6, 6.07) is 7.82. The van der Waals surface area contributed by atoms with E-state index in [4.69, 9.17) is 0 Å². The molecule has 0 fully saturated rings. The van der Waals surface area contributed by atoms with Gasteiger partial charge in [0, 0.05) is 11.4 Å². The van der Waals surface area contributed by atoms with E-state index >= 15 is 0 Å². The van der Waals surface area contributed by atoms with Crippen LogP contribution in [0.2, 0.25) is 0 Å². The van der Waals surface area contributed by atoms with Crippen LogP contribution in [0.1, 0.15) is 19.4 Å². The number of amides is 1. The number of anilines is 1. The van der Waals surface area contributed by atoms with Gasteiger partial charge in [-0.25, -0.2) is 0 Å². The number of carbonyl (C=O) groups is 1. The highest BCUT2D eigenvalue weighted by Gasteiger charge is 2.08. The Balaban J connectivity index is 2.79. The highest BCUT2D eigenvalue weighted by Crippen LogP contribution is 2.27. The number of thioether (sulfide) groups is 1. The van der Waals surface area contributed by atoms with Crippen LogP contribution < -0.4 is 10.6 Å². The zero-order chi connectivity index (χ0) is 13.4. The van der Waals surface area contributed by atoms with E-state index in [1.807, 2.05) is 32.0 Å². The van der Waals surface area contributed by atoms with Gasteiger partial charge < -0.3 is 10.6 Å². The molecule has 0 unspecified atom stereocenters. The molecule has 0 bridgehead atoms. The highest BCUT2D eigenvalue weighted by molar-refractivity contribution is 7.99. The number of likely N-dealkylation sites (N-methyl/N-ethyl adjacent to an activating group) is 1. The lowest BCUT2D eigenvalue weighted by Gasteiger charge is -2.10. The molecule has 0 aliphatic rings. The normalized spacial score (nSPS) is 9.61. The molecule has 0 aliphatic heterocycles. The molecule has 1 rings (SSSR count). The lowest BCUT2D eigenvalue weighted by atomic mass is 10.2. The lowest BCUT2D eigenvalue weighted by molar-refractivity contribution is -0.119. The SMILES string of the molecule is CCNC(=O)CNc1cccc(SCC)c1C#N. The molecule has 0 aromatic heterocycles. The number of nitrogens with one attached hydrogen (secondary N) is 2. The highest BCUT2D eigenvalue weighted by atomic mass is 32.2. The fraction of sp³-hybridized carbons (Fsp3) is 0.385. The van der Waals surface area contributed by atoms with Crippen molar-refractivity contribution >= 4 is 23.4 Å². The molecule has 0 radical (unpaired) electrons. The molecule has 0 aliphatic carbocycles. The zero-order valence-corrected chi connectivity index (χ0v) is 11.4. The summed E-state index contributed by atoms with van der Waals surface area (Å²) in [6.07, 6.45) is 0. The molecule has 1 amide bonds. The van der Waals surface area contributed by atoms with Crippen molar-refractivity contribution in [3.05, 3.63) is 23.8 Å². The number of benzene rings is 1. The van der Waals surface area contributed by atoms with Gasteiger partial charge >= 0.3 is 0 Å². The average molecular weight is 263 g/mol. The van der Waals surface area contributed by atoms with E-state index in [0.717, 1.165) is 10.6 Å². The Morgan fingerprint density at radius 2 is 2.22 bits per heavy atom. The predicted molar refractivity (Wildman–Crippen MR) is 74.7 cm³/mol. The molecule has 0 spiro atoms. The number of nitriles is 1. The van der Waals surface area contributed by atoms with Gasteiger partial charge in [-0.2, -0.15) is 5.26 Å². The third kappa shape index (κ3) is 3.97. The van der Waals surface area contributed by atoms with Crippen LogP contribution in [-0.4, -0.2) is 24.7 Å². The molecule has 1 aromatic rings. The van der Waals surface area contributed by atoms with Gasteiger partial charge in [-0.05, 0) is 24.8 Å². The minimum absolute atomic E-state index is 0.0741. The molecule has 5 heteroatoms. The molecule has 18 heavy (non-hydrogen) atoms. The summed E-state index contributed by atoms with van der Waals surface area (Å²) in [6.45, 7) is 4.71. The number of hydrogen-bond donors (Lipinski definition) is 2. The standard InChI is InChI=1S/C13H17N3OS/c1-3-15-13(17)9-16-11-6-5-7-12(18-4-2)10(11)8-14/h5-7,16H,3-4,9H2,1-2H3,(H,15,17). The van der Waals surface area contributed by atoms with Crippen LogP contribution in [0, 0.1) is 11.3 Å². The maximum atomic E-state index is 11.4. The summed E-state index contributed by atoms with van der Waals surface area (Å²) >= 11 is 1.62. The summed E-state index contributed by atoms with van der Waals surface area (Å²) < 4.78 is 0. The van der Waals surface area contributed by atoms with E-state index in [0.29, 0.717) is 17.8 Å². The Hall–Kier alpha value is -1.67. The molecule has 96 valence electrons. The molecular formula is C13H17N3OS. The van der Waals surface area contributed by atoms with E-state index < -0.39 is 0 Å². The first-order valence-corrected chi connectivity index (χ1v) is 6.88. The summed E-state index contributed by atoms with van der Waals surface area (Å²) in [5, 5.41) is 14.9. The van der Waals surface area contributed by atoms with Crippen molar-refractivity contribution in [1.29, 1.82) is 5.26 Å². The smallest absolute Gasteiger partial charge is 0.239 e. The second kappa shape index (κ2) is 7.62. The molecular weight excluding hydrogens is 246 g/mol. The van der Waals surface area contributed by atoms with E-state index in [2.05, 4.69) is 16.7 Å². The lowest BCUT2D eigenvalue weighted by Crippen LogP contribution is -2.29. The van der Waals surface area contributed by atoms with Gasteiger partial charge in [0.1, 0.15) is 6.07 Å². The Labute approximate surface area is 112 Å². The van der Waals surface area contributed by atoms with Crippen LogP contribution in [0.25, 0.3) is 0 Å². The van der Waals surface area contributed by atoms with Crippen molar-refractivity contribution in [2.45, 2.75) is 18.7 Å². The minimum Gasteiger partial charge on any atom is -0.375 e. The van der Waals surface area contributed by atoms with Crippen LogP contribution in [-0.2, 0) is 4.79 Å². The fourth-order valence-electron chi connectivity index (χ4n) is 1.50. The third-order valence-electron chi connectivity index (χ3n) is 2.25. The van der Waals surface area contributed by atoms with Crippen molar-refractivity contribution in [1.82, 2.24) is 5.32 Å². The van der Waals surface area contributed by atoms with Gasteiger partial charge in [0.15, 0.2) is 0 Å². The Morgan fingerprint density at radius 1 is 1.44 bits per heavy atom. The van der Waals surface area contributed by atoms with Gasteiger partial charge in [-0.15, -0.1) is 11.8 Å². The maximum absolute atomic E-state index is 11.4. The van der Waals surface area contributed by atoms with Crippen molar-refractivity contribution in [3.63, 3.8) is 0 Å². The summed E-state index contributed by atoms with van der Waals surface area (Å²) in [5.41, 5.74) is 1.32. The van der Waals surface area contributed by atoms with Crippen molar-refractivity contribution in [3.8, 4) is 6.07 Å². The van der Waals surface area contributed by atoms with Gasteiger partial charge in [-0.1, -0.05) is 13.0 Å². The van der Waals surface area contributed by atoms with Gasteiger partial charge in [0.2, 0.25) is 5.91 Å². The maximum Gasteiger partial charge on any atom is 0.239 e. The van der Waals surface area contributed by atoms with Crippen LogP contribution in [0.5, 0.6) is 0 Å². The Kier molecular flexibility index (Phi) is 6.09. The van der Waals surface area contributed by atoms with Crippen molar-refractivity contribution < 1.29 is 4.79 Å². The van der Waals surface area contributed by atoms with E-state index in [9.17, 15) is 10.1 Å². The Bertz CT molecular complexity index is 454. The van der Waals surface area contributed by atoms with E-state index in [-0.39, 0.29) is 12.5 Å². The first-order chi connectivity index (χ1) is 8.72. The summed E-state index contributed by atoms with van der Waals surface area (Å²) in [7, 11) is 0. The molecule has 0 atom stereocenters. The molecule has 4 nitrogen and oxygen atoms in total. The number of carbonyl (C=O) groups excluding carboxylic acids is 1. The monoisotopic (exact) mass is 263 g/mol. The Morgan fingerprint density at radius 3 is 2.83 bits per heavy atom. The quantitative estimate of drug-likeness (QED) is 0.772. The summed E-state index contributed by atoms with van der Waals surface area (Å²) in [4.78, 5) is 12.3. The number of nitrogens with zero attached hydrogens (tertiary/aromatic N) is 1. The minimum atomic E-state index is -0.0741.